The molecule has 1 saturated carbocycles. The average Bonchev–Trinajstić information content (AvgIpc) is 3.69. The fourth-order valence-electron chi connectivity index (χ4n) is 3.53. The monoisotopic (exact) mass is 510 g/mol. The maximum absolute atomic E-state index is 13.2. The zero-order valence-electron chi connectivity index (χ0n) is 19.7. The van der Waals surface area contributed by atoms with Gasteiger partial charge in [-0.05, 0) is 79.4 Å². The number of carbonyl (C=O) groups excluding carboxylic acids is 2. The summed E-state index contributed by atoms with van der Waals surface area (Å²) < 4.78 is 45.5. The summed E-state index contributed by atoms with van der Waals surface area (Å²) in [5, 5.41) is 5.23. The molecule has 1 fully saturated rings. The molecular weight excluding hydrogens is 485 g/mol. The Hall–Kier alpha value is -4.18. The van der Waals surface area contributed by atoms with Gasteiger partial charge in [-0.25, -0.2) is 4.98 Å². The van der Waals surface area contributed by atoms with Crippen LogP contribution in [0.4, 0.5) is 24.7 Å². The summed E-state index contributed by atoms with van der Waals surface area (Å²) in [5.74, 6) is 0.751. The fraction of sp³-hybridized carbons (Fsp3) is 0.222. The highest BCUT2D eigenvalue weighted by atomic mass is 19.4. The van der Waals surface area contributed by atoms with E-state index < -0.39 is 17.6 Å². The van der Waals surface area contributed by atoms with Crippen molar-refractivity contribution in [2.45, 2.75) is 25.4 Å². The first-order valence-electron chi connectivity index (χ1n) is 11.6. The molecule has 3 aromatic rings. The first-order valence-corrected chi connectivity index (χ1v) is 11.6. The third-order valence-corrected chi connectivity index (χ3v) is 5.47. The molecule has 0 bridgehead atoms. The van der Waals surface area contributed by atoms with Gasteiger partial charge in [0.05, 0.1) is 5.56 Å². The summed E-state index contributed by atoms with van der Waals surface area (Å²) in [6, 6.07) is 13.5. The molecular formula is C27H25F3N4O3. The summed E-state index contributed by atoms with van der Waals surface area (Å²) in [4.78, 5) is 28.5. The normalized spacial score (nSPS) is 13.4. The average molecular weight is 511 g/mol. The van der Waals surface area contributed by atoms with Gasteiger partial charge in [0.15, 0.2) is 0 Å². The highest BCUT2D eigenvalue weighted by Gasteiger charge is 2.31. The number of halogens is 3. The molecule has 0 atom stereocenters. The van der Waals surface area contributed by atoms with Crippen LogP contribution in [-0.4, -0.2) is 23.3 Å². The minimum atomic E-state index is -4.54. The van der Waals surface area contributed by atoms with Gasteiger partial charge in [-0.15, -0.1) is 0 Å². The van der Waals surface area contributed by atoms with Crippen molar-refractivity contribution in [2.75, 3.05) is 17.2 Å². The molecule has 7 nitrogen and oxygen atoms in total. The van der Waals surface area contributed by atoms with Crippen molar-refractivity contribution in [1.82, 2.24) is 4.98 Å². The second-order valence-corrected chi connectivity index (χ2v) is 8.59. The van der Waals surface area contributed by atoms with Crippen LogP contribution in [0.1, 0.15) is 29.5 Å². The van der Waals surface area contributed by atoms with Crippen LogP contribution in [0.3, 0.4) is 0 Å². The van der Waals surface area contributed by atoms with Crippen LogP contribution in [0.25, 0.3) is 6.08 Å². The van der Waals surface area contributed by atoms with E-state index in [2.05, 4.69) is 15.6 Å². The zero-order valence-corrected chi connectivity index (χ0v) is 19.7. The Morgan fingerprint density at radius 2 is 1.84 bits per heavy atom. The number of nitrogens with one attached hydrogen (secondary N) is 2. The lowest BCUT2D eigenvalue weighted by Crippen LogP contribution is -2.14. The number of nitrogens with two attached hydrogens (primary N) is 1. The predicted molar refractivity (Wildman–Crippen MR) is 134 cm³/mol. The third-order valence-electron chi connectivity index (χ3n) is 5.47. The second kappa shape index (κ2) is 11.3. The van der Waals surface area contributed by atoms with E-state index in [4.69, 9.17) is 10.5 Å². The molecule has 1 heterocycles. The molecule has 0 radical (unpaired) electrons. The number of aromatic nitrogens is 1. The number of anilines is 2. The number of ether oxygens (including phenoxy) is 1. The number of pyridine rings is 1. The minimum Gasteiger partial charge on any atom is -0.457 e. The summed E-state index contributed by atoms with van der Waals surface area (Å²) in [7, 11) is 0. The first kappa shape index (κ1) is 25.9. The number of rotatable bonds is 9. The third kappa shape index (κ3) is 7.65. The molecule has 10 heteroatoms. The number of amides is 2. The Labute approximate surface area is 211 Å². The molecule has 4 rings (SSSR count). The van der Waals surface area contributed by atoms with E-state index >= 15 is 0 Å². The molecule has 0 unspecified atom stereocenters. The van der Waals surface area contributed by atoms with Crippen LogP contribution >= 0.6 is 0 Å². The first-order chi connectivity index (χ1) is 17.7. The van der Waals surface area contributed by atoms with Crippen molar-refractivity contribution in [3.8, 4) is 11.5 Å². The van der Waals surface area contributed by atoms with Gasteiger partial charge in [-0.2, -0.15) is 13.2 Å². The van der Waals surface area contributed by atoms with Gasteiger partial charge in [0.25, 0.3) is 0 Å². The van der Waals surface area contributed by atoms with Gasteiger partial charge in [-0.3, -0.25) is 9.59 Å². The molecule has 2 amide bonds. The van der Waals surface area contributed by atoms with Crippen LogP contribution in [0.15, 0.2) is 66.9 Å². The topological polar surface area (TPSA) is 106 Å². The Bertz CT molecular complexity index is 1320. The molecule has 0 spiro atoms. The number of hydrogen-bond donors (Lipinski definition) is 3. The molecule has 1 aliphatic rings. The number of benzene rings is 2. The maximum atomic E-state index is 13.2. The standard InChI is InChI=1S/C27H25F3N4O3/c28-27(29,30)20-12-18(8-10-31)13-21(15-20)33-25(35)7-4-17-2-1-3-22(14-17)37-23-9-11-32-24(16-23)34-26(36)19-5-6-19/h1-4,7,9,11-16,19H,5-6,8,10,31H2,(H,33,35)(H,32,34,36). The lowest BCUT2D eigenvalue weighted by atomic mass is 10.1. The van der Waals surface area contributed by atoms with Gasteiger partial charge in [0.1, 0.15) is 17.3 Å². The van der Waals surface area contributed by atoms with E-state index in [1.165, 1.54) is 24.4 Å². The highest BCUT2D eigenvalue weighted by Crippen LogP contribution is 2.32. The van der Waals surface area contributed by atoms with E-state index in [9.17, 15) is 22.8 Å². The van der Waals surface area contributed by atoms with Crippen molar-refractivity contribution < 1.29 is 27.5 Å². The molecule has 4 N–H and O–H groups in total. The van der Waals surface area contributed by atoms with Gasteiger partial charge < -0.3 is 21.1 Å². The van der Waals surface area contributed by atoms with Crippen LogP contribution in [-0.2, 0) is 22.2 Å². The van der Waals surface area contributed by atoms with Crippen molar-refractivity contribution in [3.05, 3.63) is 83.6 Å². The molecule has 192 valence electrons. The molecule has 1 aromatic heterocycles. The van der Waals surface area contributed by atoms with Gasteiger partial charge in [0, 0.05) is 29.9 Å². The predicted octanol–water partition coefficient (Wildman–Crippen LogP) is 5.39. The van der Waals surface area contributed by atoms with Gasteiger partial charge >= 0.3 is 6.18 Å². The Balaban J connectivity index is 1.41. The molecule has 37 heavy (non-hydrogen) atoms. The summed E-state index contributed by atoms with van der Waals surface area (Å²) in [6.45, 7) is 0.183. The van der Waals surface area contributed by atoms with Crippen LogP contribution in [0.5, 0.6) is 11.5 Å². The van der Waals surface area contributed by atoms with Crippen molar-refractivity contribution in [2.24, 2.45) is 11.7 Å². The quantitative estimate of drug-likeness (QED) is 0.335. The fourth-order valence-corrected chi connectivity index (χ4v) is 3.53. The van der Waals surface area contributed by atoms with E-state index in [0.29, 0.717) is 28.4 Å². The maximum Gasteiger partial charge on any atom is 0.416 e. The summed E-state index contributed by atoms with van der Waals surface area (Å²) in [5.41, 5.74) is 5.67. The summed E-state index contributed by atoms with van der Waals surface area (Å²) >= 11 is 0. The Morgan fingerprint density at radius 3 is 2.57 bits per heavy atom. The number of carbonyl (C=O) groups is 2. The highest BCUT2D eigenvalue weighted by molar-refractivity contribution is 6.02. The molecule has 0 saturated heterocycles. The Morgan fingerprint density at radius 1 is 1.05 bits per heavy atom. The van der Waals surface area contributed by atoms with E-state index in [1.54, 1.807) is 36.4 Å². The molecule has 2 aromatic carbocycles. The van der Waals surface area contributed by atoms with Crippen LogP contribution in [0.2, 0.25) is 0 Å². The van der Waals surface area contributed by atoms with E-state index in [-0.39, 0.29) is 30.5 Å². The Kier molecular flexibility index (Phi) is 7.88. The zero-order chi connectivity index (χ0) is 26.4. The molecule has 0 aliphatic heterocycles. The number of nitrogens with zero attached hydrogens (tertiary/aromatic N) is 1. The second-order valence-electron chi connectivity index (χ2n) is 8.59. The van der Waals surface area contributed by atoms with Crippen molar-refractivity contribution >= 4 is 29.4 Å². The van der Waals surface area contributed by atoms with Gasteiger partial charge in [-0.1, -0.05) is 12.1 Å². The van der Waals surface area contributed by atoms with Gasteiger partial charge in [0.2, 0.25) is 11.8 Å². The smallest absolute Gasteiger partial charge is 0.416 e. The lowest BCUT2D eigenvalue weighted by Gasteiger charge is -2.12. The van der Waals surface area contributed by atoms with E-state index in [1.807, 2.05) is 0 Å². The van der Waals surface area contributed by atoms with Crippen molar-refractivity contribution in [3.63, 3.8) is 0 Å². The lowest BCUT2D eigenvalue weighted by molar-refractivity contribution is -0.137. The van der Waals surface area contributed by atoms with Crippen LogP contribution < -0.4 is 21.1 Å². The SMILES string of the molecule is NCCc1cc(NC(=O)C=Cc2cccc(Oc3ccnc(NC(=O)C4CC4)c3)c2)cc(C(F)(F)F)c1. The van der Waals surface area contributed by atoms with E-state index in [0.717, 1.165) is 25.0 Å². The summed E-state index contributed by atoms with van der Waals surface area (Å²) in [6.07, 6.45) is 1.74. The van der Waals surface area contributed by atoms with Crippen LogP contribution in [0, 0.1) is 5.92 Å². The van der Waals surface area contributed by atoms with Crippen molar-refractivity contribution in [1.29, 1.82) is 0 Å². The minimum absolute atomic E-state index is 0.0345. The largest absolute Gasteiger partial charge is 0.457 e. The number of alkyl halides is 3. The number of hydrogen-bond acceptors (Lipinski definition) is 5. The molecule has 1 aliphatic carbocycles.